The van der Waals surface area contributed by atoms with Gasteiger partial charge in [0, 0.05) is 37.9 Å². The van der Waals surface area contributed by atoms with Crippen LogP contribution in [-0.2, 0) is 26.6 Å². The second-order valence-electron chi connectivity index (χ2n) is 5.66. The minimum absolute atomic E-state index is 0.0676. The largest absolute Gasteiger partial charge is 0.395 e. The van der Waals surface area contributed by atoms with Crippen LogP contribution in [0.5, 0.6) is 0 Å². The minimum Gasteiger partial charge on any atom is -0.395 e. The van der Waals surface area contributed by atoms with Crippen LogP contribution >= 0.6 is 11.6 Å². The molecule has 0 aliphatic rings. The van der Waals surface area contributed by atoms with E-state index in [9.17, 15) is 5.11 Å². The van der Waals surface area contributed by atoms with Crippen molar-refractivity contribution in [2.24, 2.45) is 7.05 Å². The Hall–Kier alpha value is -1.43. The lowest BCUT2D eigenvalue weighted by Crippen LogP contribution is -2.37. The van der Waals surface area contributed by atoms with Crippen molar-refractivity contribution in [2.45, 2.75) is 45.8 Å². The summed E-state index contributed by atoms with van der Waals surface area (Å²) < 4.78 is 1.72. The summed E-state index contributed by atoms with van der Waals surface area (Å²) in [7, 11) is 1.86. The van der Waals surface area contributed by atoms with Crippen LogP contribution in [0.25, 0.3) is 0 Å². The SMILES string of the molecule is CCc1nn(C)c(Cl)c1CN(Cc1ccccn1)C(CC)CO. The number of aliphatic hydroxyl groups is 1. The third-order valence-electron chi connectivity index (χ3n) is 4.14. The van der Waals surface area contributed by atoms with E-state index in [-0.39, 0.29) is 12.6 Å². The Morgan fingerprint density at radius 2 is 2.09 bits per heavy atom. The highest BCUT2D eigenvalue weighted by atomic mass is 35.5. The van der Waals surface area contributed by atoms with E-state index in [2.05, 4.69) is 28.8 Å². The standard InChI is InChI=1S/C17H25ClN4O/c1-4-14(12-23)22(10-13-8-6-7-9-19-13)11-15-16(5-2)20-21(3)17(15)18/h6-9,14,23H,4-5,10-12H2,1-3H3. The van der Waals surface area contributed by atoms with Crippen LogP contribution in [0.15, 0.2) is 24.4 Å². The topological polar surface area (TPSA) is 54.2 Å². The van der Waals surface area contributed by atoms with Crippen LogP contribution in [0.3, 0.4) is 0 Å². The van der Waals surface area contributed by atoms with Crippen LogP contribution in [0.2, 0.25) is 5.15 Å². The molecule has 1 atom stereocenters. The van der Waals surface area contributed by atoms with Crippen molar-refractivity contribution < 1.29 is 5.11 Å². The summed E-state index contributed by atoms with van der Waals surface area (Å²) in [6.45, 7) is 5.61. The lowest BCUT2D eigenvalue weighted by Gasteiger charge is -2.29. The highest BCUT2D eigenvalue weighted by Crippen LogP contribution is 2.24. The van der Waals surface area contributed by atoms with Crippen molar-refractivity contribution in [3.63, 3.8) is 0 Å². The number of aromatic nitrogens is 3. The molecule has 23 heavy (non-hydrogen) atoms. The first-order chi connectivity index (χ1) is 11.1. The Morgan fingerprint density at radius 3 is 2.65 bits per heavy atom. The predicted molar refractivity (Wildman–Crippen MR) is 92.2 cm³/mol. The molecule has 2 aromatic heterocycles. The van der Waals surface area contributed by atoms with E-state index in [1.807, 2.05) is 25.2 Å². The lowest BCUT2D eigenvalue weighted by molar-refractivity contribution is 0.105. The normalized spacial score (nSPS) is 12.8. The van der Waals surface area contributed by atoms with Gasteiger partial charge in [-0.3, -0.25) is 14.6 Å². The fourth-order valence-corrected chi connectivity index (χ4v) is 2.97. The maximum Gasteiger partial charge on any atom is 0.131 e. The molecule has 2 heterocycles. The predicted octanol–water partition coefficient (Wildman–Crippen LogP) is 2.80. The van der Waals surface area contributed by atoms with E-state index in [0.717, 1.165) is 29.8 Å². The van der Waals surface area contributed by atoms with Crippen LogP contribution in [0.4, 0.5) is 0 Å². The van der Waals surface area contributed by atoms with E-state index in [1.54, 1.807) is 10.9 Å². The number of nitrogens with zero attached hydrogens (tertiary/aromatic N) is 4. The molecule has 1 N–H and O–H groups in total. The summed E-state index contributed by atoms with van der Waals surface area (Å²) in [5, 5.41) is 14.9. The van der Waals surface area contributed by atoms with E-state index >= 15 is 0 Å². The van der Waals surface area contributed by atoms with Crippen molar-refractivity contribution in [2.75, 3.05) is 6.61 Å². The summed E-state index contributed by atoms with van der Waals surface area (Å²) in [6.07, 6.45) is 3.49. The molecule has 126 valence electrons. The molecule has 2 aromatic rings. The molecule has 0 amide bonds. The van der Waals surface area contributed by atoms with Gasteiger partial charge in [0.25, 0.3) is 0 Å². The molecule has 0 aliphatic heterocycles. The Bertz CT molecular complexity index is 611. The molecule has 6 heteroatoms. The van der Waals surface area contributed by atoms with Gasteiger partial charge in [0.05, 0.1) is 18.0 Å². The number of pyridine rings is 1. The quantitative estimate of drug-likeness (QED) is 0.805. The summed E-state index contributed by atoms with van der Waals surface area (Å²) in [4.78, 5) is 6.63. The number of aliphatic hydroxyl groups excluding tert-OH is 1. The number of rotatable bonds is 8. The van der Waals surface area contributed by atoms with Crippen molar-refractivity contribution in [3.8, 4) is 0 Å². The first kappa shape index (κ1) is 17.9. The second kappa shape index (κ2) is 8.43. The van der Waals surface area contributed by atoms with Gasteiger partial charge in [-0.2, -0.15) is 5.10 Å². The molecule has 0 bridgehead atoms. The van der Waals surface area contributed by atoms with Gasteiger partial charge >= 0.3 is 0 Å². The van der Waals surface area contributed by atoms with Crippen molar-refractivity contribution in [3.05, 3.63) is 46.5 Å². The monoisotopic (exact) mass is 336 g/mol. The van der Waals surface area contributed by atoms with Gasteiger partial charge in [0.1, 0.15) is 5.15 Å². The number of hydrogen-bond acceptors (Lipinski definition) is 4. The zero-order valence-corrected chi connectivity index (χ0v) is 14.8. The number of hydrogen-bond donors (Lipinski definition) is 1. The third-order valence-corrected chi connectivity index (χ3v) is 4.61. The summed E-state index contributed by atoms with van der Waals surface area (Å²) in [5.74, 6) is 0. The maximum atomic E-state index is 9.74. The van der Waals surface area contributed by atoms with Gasteiger partial charge in [-0.05, 0) is 25.0 Å². The average Bonchev–Trinajstić information content (AvgIpc) is 2.84. The minimum atomic E-state index is 0.0676. The third kappa shape index (κ3) is 4.31. The molecule has 0 aliphatic carbocycles. The molecule has 0 spiro atoms. The summed E-state index contributed by atoms with van der Waals surface area (Å²) in [6, 6.07) is 5.96. The molecule has 0 radical (unpaired) electrons. The molecule has 0 saturated heterocycles. The van der Waals surface area contributed by atoms with Crippen LogP contribution in [0, 0.1) is 0 Å². The molecular weight excluding hydrogens is 312 g/mol. The zero-order chi connectivity index (χ0) is 16.8. The van der Waals surface area contributed by atoms with Crippen molar-refractivity contribution >= 4 is 11.6 Å². The van der Waals surface area contributed by atoms with E-state index in [0.29, 0.717) is 18.2 Å². The first-order valence-electron chi connectivity index (χ1n) is 8.05. The van der Waals surface area contributed by atoms with Crippen LogP contribution in [0.1, 0.15) is 37.2 Å². The molecule has 2 rings (SSSR count). The highest BCUT2D eigenvalue weighted by molar-refractivity contribution is 6.30. The molecule has 0 saturated carbocycles. The smallest absolute Gasteiger partial charge is 0.131 e. The Balaban J connectivity index is 2.27. The second-order valence-corrected chi connectivity index (χ2v) is 6.02. The summed E-state index contributed by atoms with van der Waals surface area (Å²) >= 11 is 6.43. The molecule has 0 aromatic carbocycles. The molecule has 5 nitrogen and oxygen atoms in total. The first-order valence-corrected chi connectivity index (χ1v) is 8.43. The van der Waals surface area contributed by atoms with E-state index < -0.39 is 0 Å². The van der Waals surface area contributed by atoms with Crippen molar-refractivity contribution in [1.82, 2.24) is 19.7 Å². The highest BCUT2D eigenvalue weighted by Gasteiger charge is 2.22. The molecular formula is C17H25ClN4O. The van der Waals surface area contributed by atoms with Gasteiger partial charge < -0.3 is 5.11 Å². The van der Waals surface area contributed by atoms with Crippen LogP contribution < -0.4 is 0 Å². The zero-order valence-electron chi connectivity index (χ0n) is 14.0. The number of aryl methyl sites for hydroxylation is 2. The Labute approximate surface area is 142 Å². The van der Waals surface area contributed by atoms with Gasteiger partial charge in [-0.1, -0.05) is 31.5 Å². The van der Waals surface area contributed by atoms with Gasteiger partial charge in [0.2, 0.25) is 0 Å². The van der Waals surface area contributed by atoms with E-state index in [4.69, 9.17) is 11.6 Å². The lowest BCUT2D eigenvalue weighted by atomic mass is 10.1. The number of halogens is 1. The van der Waals surface area contributed by atoms with E-state index in [1.165, 1.54) is 0 Å². The Kier molecular flexibility index (Phi) is 6.57. The molecule has 1 unspecified atom stereocenters. The molecule has 0 fully saturated rings. The van der Waals surface area contributed by atoms with Crippen molar-refractivity contribution in [1.29, 1.82) is 0 Å². The van der Waals surface area contributed by atoms with Gasteiger partial charge in [0.15, 0.2) is 0 Å². The van der Waals surface area contributed by atoms with Crippen LogP contribution in [-0.4, -0.2) is 37.4 Å². The maximum absolute atomic E-state index is 9.74. The summed E-state index contributed by atoms with van der Waals surface area (Å²) in [5.41, 5.74) is 3.04. The van der Waals surface area contributed by atoms with Gasteiger partial charge in [-0.15, -0.1) is 0 Å². The Morgan fingerprint density at radius 1 is 1.30 bits per heavy atom. The average molecular weight is 337 g/mol. The van der Waals surface area contributed by atoms with Gasteiger partial charge in [-0.25, -0.2) is 0 Å². The fourth-order valence-electron chi connectivity index (χ4n) is 2.76. The fraction of sp³-hybridized carbons (Fsp3) is 0.529.